The van der Waals surface area contributed by atoms with Gasteiger partial charge in [0, 0.05) is 5.92 Å². The second-order valence-corrected chi connectivity index (χ2v) is 9.13. The van der Waals surface area contributed by atoms with Crippen molar-refractivity contribution in [2.24, 2.45) is 17.3 Å². The highest BCUT2D eigenvalue weighted by Crippen LogP contribution is 2.52. The van der Waals surface area contributed by atoms with Gasteiger partial charge in [-0.25, -0.2) is 15.0 Å². The summed E-state index contributed by atoms with van der Waals surface area (Å²) >= 11 is 0. The van der Waals surface area contributed by atoms with Gasteiger partial charge in [-0.05, 0) is 36.8 Å². The number of nitrogen functional groups attached to an aromatic ring is 1. The van der Waals surface area contributed by atoms with Crippen LogP contribution < -0.4 is 5.73 Å². The van der Waals surface area contributed by atoms with Crippen LogP contribution in [0.4, 0.5) is 5.82 Å². The Labute approximate surface area is 168 Å². The Balaban J connectivity index is 2.04. The van der Waals surface area contributed by atoms with Crippen LogP contribution in [-0.4, -0.2) is 41.2 Å². The summed E-state index contributed by atoms with van der Waals surface area (Å²) in [6.07, 6.45) is 6.92. The van der Waals surface area contributed by atoms with Crippen LogP contribution in [-0.2, 0) is 9.22 Å². The lowest BCUT2D eigenvalue weighted by molar-refractivity contribution is -0.110. The molecule has 0 saturated heterocycles. The fourth-order valence-corrected chi connectivity index (χ4v) is 5.02. The molecule has 3 rings (SSSR count). The summed E-state index contributed by atoms with van der Waals surface area (Å²) in [5.74, 6) is 0.734. The van der Waals surface area contributed by atoms with E-state index < -0.39 is 5.60 Å². The maximum Gasteiger partial charge on any atom is 0.227 e. The zero-order valence-electron chi connectivity index (χ0n) is 17.4. The van der Waals surface area contributed by atoms with Gasteiger partial charge in [0.1, 0.15) is 18.1 Å². The van der Waals surface area contributed by atoms with Gasteiger partial charge >= 0.3 is 0 Å². The van der Waals surface area contributed by atoms with Crippen molar-refractivity contribution in [1.82, 2.24) is 19.5 Å². The van der Waals surface area contributed by atoms with Crippen molar-refractivity contribution < 1.29 is 9.22 Å². The third-order valence-corrected chi connectivity index (χ3v) is 7.47. The first kappa shape index (κ1) is 20.7. The van der Waals surface area contributed by atoms with Crippen LogP contribution in [0.15, 0.2) is 24.3 Å². The molecule has 3 unspecified atom stereocenters. The molecule has 8 heteroatoms. The lowest BCUT2D eigenvalue weighted by atomic mass is 9.62. The van der Waals surface area contributed by atoms with E-state index in [0.29, 0.717) is 32.7 Å². The molecule has 2 aromatic heterocycles. The summed E-state index contributed by atoms with van der Waals surface area (Å²) in [4.78, 5) is 24.8. The quantitative estimate of drug-likeness (QED) is 0.567. The summed E-state index contributed by atoms with van der Waals surface area (Å²) in [6, 6.07) is -0.0319. The summed E-state index contributed by atoms with van der Waals surface area (Å²) in [5.41, 5.74) is 7.39. The van der Waals surface area contributed by atoms with E-state index in [1.54, 1.807) is 6.33 Å². The van der Waals surface area contributed by atoms with Gasteiger partial charge in [-0.3, -0.25) is 4.79 Å². The highest BCUT2D eigenvalue weighted by molar-refractivity contribution is 6.25. The molecule has 28 heavy (non-hydrogen) atoms. The smallest absolute Gasteiger partial charge is 0.227 e. The highest BCUT2D eigenvalue weighted by Gasteiger charge is 2.52. The van der Waals surface area contributed by atoms with Crippen LogP contribution in [0.25, 0.3) is 11.2 Å². The fourth-order valence-electron chi connectivity index (χ4n) is 4.19. The Morgan fingerprint density at radius 3 is 2.64 bits per heavy atom. The first-order valence-corrected chi connectivity index (χ1v) is 11.0. The SMILES string of the molecule is C[Si]OC(C)(C1CC(n2cnc3c(N)ncnc32)C=C1C=O)C(C)(C)C(C)C. The van der Waals surface area contributed by atoms with E-state index in [1.807, 2.05) is 17.2 Å². The van der Waals surface area contributed by atoms with E-state index in [0.717, 1.165) is 18.3 Å². The van der Waals surface area contributed by atoms with Gasteiger partial charge in [0.15, 0.2) is 11.5 Å². The third kappa shape index (κ3) is 3.08. The van der Waals surface area contributed by atoms with Crippen molar-refractivity contribution in [3.8, 4) is 0 Å². The fraction of sp³-hybridized carbons (Fsp3) is 0.600. The Bertz CT molecular complexity index is 907. The van der Waals surface area contributed by atoms with Crippen molar-refractivity contribution in [1.29, 1.82) is 0 Å². The van der Waals surface area contributed by atoms with Crippen LogP contribution in [0.5, 0.6) is 0 Å². The van der Waals surface area contributed by atoms with E-state index in [4.69, 9.17) is 10.2 Å². The number of nitrogens with zero attached hydrogens (tertiary/aromatic N) is 4. The van der Waals surface area contributed by atoms with E-state index in [9.17, 15) is 4.79 Å². The van der Waals surface area contributed by atoms with Crippen LogP contribution in [0.3, 0.4) is 0 Å². The van der Waals surface area contributed by atoms with E-state index in [2.05, 4.69) is 49.6 Å². The summed E-state index contributed by atoms with van der Waals surface area (Å²) in [7, 11) is 0.341. The van der Waals surface area contributed by atoms with Gasteiger partial charge in [-0.2, -0.15) is 0 Å². The van der Waals surface area contributed by atoms with Crippen molar-refractivity contribution >= 4 is 33.0 Å². The number of imidazole rings is 1. The maximum atomic E-state index is 12.0. The molecule has 0 bridgehead atoms. The number of allylic oxidation sites excluding steroid dienone is 1. The van der Waals surface area contributed by atoms with E-state index in [-0.39, 0.29) is 17.4 Å². The molecule has 0 fully saturated rings. The lowest BCUT2D eigenvalue weighted by Gasteiger charge is -2.51. The summed E-state index contributed by atoms with van der Waals surface area (Å²) in [6.45, 7) is 13.1. The Hall–Kier alpha value is -2.06. The Kier molecular flexibility index (Phi) is 5.46. The number of hydrogen-bond donors (Lipinski definition) is 1. The Morgan fingerprint density at radius 2 is 2.04 bits per heavy atom. The van der Waals surface area contributed by atoms with E-state index in [1.165, 1.54) is 6.33 Å². The molecular weight excluding hydrogens is 370 g/mol. The first-order chi connectivity index (χ1) is 13.2. The van der Waals surface area contributed by atoms with Crippen LogP contribution in [0.1, 0.15) is 47.1 Å². The number of aldehydes is 1. The summed E-state index contributed by atoms with van der Waals surface area (Å²) in [5, 5.41) is 0. The molecule has 3 atom stereocenters. The molecule has 7 nitrogen and oxygen atoms in total. The molecule has 0 spiro atoms. The Morgan fingerprint density at radius 1 is 1.32 bits per heavy atom. The van der Waals surface area contributed by atoms with Crippen LogP contribution in [0.2, 0.25) is 6.55 Å². The normalized spacial score (nSPS) is 22.5. The molecule has 0 aromatic carbocycles. The van der Waals surface area contributed by atoms with Crippen molar-refractivity contribution in [3.05, 3.63) is 24.3 Å². The predicted octanol–water partition coefficient (Wildman–Crippen LogP) is 3.22. The monoisotopic (exact) mass is 399 g/mol. The first-order valence-electron chi connectivity index (χ1n) is 9.62. The maximum absolute atomic E-state index is 12.0. The van der Waals surface area contributed by atoms with Gasteiger partial charge in [-0.15, -0.1) is 0 Å². The molecule has 1 aliphatic carbocycles. The molecular formula is C20H29N5O2Si. The van der Waals surface area contributed by atoms with Gasteiger partial charge in [-0.1, -0.05) is 33.8 Å². The molecule has 2 radical (unpaired) electrons. The number of fused-ring (bicyclic) bond motifs is 1. The number of hydrogen-bond acceptors (Lipinski definition) is 6. The molecule has 0 amide bonds. The van der Waals surface area contributed by atoms with Gasteiger partial charge in [0.05, 0.1) is 18.0 Å². The van der Waals surface area contributed by atoms with Crippen molar-refractivity contribution in [2.45, 2.75) is 59.2 Å². The topological polar surface area (TPSA) is 95.9 Å². The van der Waals surface area contributed by atoms with E-state index >= 15 is 0 Å². The van der Waals surface area contributed by atoms with Crippen molar-refractivity contribution in [2.75, 3.05) is 5.73 Å². The van der Waals surface area contributed by atoms with Crippen LogP contribution >= 0.6 is 0 Å². The number of carbonyl (C=O) groups is 1. The second-order valence-electron chi connectivity index (χ2n) is 8.51. The third-order valence-electron chi connectivity index (χ3n) is 6.85. The number of anilines is 1. The average molecular weight is 400 g/mol. The number of rotatable bonds is 7. The molecule has 2 heterocycles. The zero-order chi connectivity index (χ0) is 20.7. The van der Waals surface area contributed by atoms with Gasteiger partial charge in [0.2, 0.25) is 9.76 Å². The largest absolute Gasteiger partial charge is 0.411 e. The minimum atomic E-state index is -0.472. The highest BCUT2D eigenvalue weighted by atomic mass is 28.2. The lowest BCUT2D eigenvalue weighted by Crippen LogP contribution is -2.53. The molecule has 150 valence electrons. The minimum absolute atomic E-state index is 0.0171. The molecule has 2 N–H and O–H groups in total. The summed E-state index contributed by atoms with van der Waals surface area (Å²) < 4.78 is 8.38. The number of carbonyl (C=O) groups excluding carboxylic acids is 1. The predicted molar refractivity (Wildman–Crippen MR) is 111 cm³/mol. The van der Waals surface area contributed by atoms with Crippen molar-refractivity contribution in [3.63, 3.8) is 0 Å². The molecule has 1 aliphatic rings. The number of nitrogens with two attached hydrogens (primary N) is 1. The van der Waals surface area contributed by atoms with Gasteiger partial charge < -0.3 is 14.7 Å². The molecule has 0 aliphatic heterocycles. The average Bonchev–Trinajstić information content (AvgIpc) is 3.26. The second kappa shape index (κ2) is 7.40. The minimum Gasteiger partial charge on any atom is -0.411 e. The van der Waals surface area contributed by atoms with Crippen LogP contribution in [0, 0.1) is 17.3 Å². The molecule has 2 aromatic rings. The number of aromatic nitrogens is 4. The zero-order valence-corrected chi connectivity index (χ0v) is 18.4. The van der Waals surface area contributed by atoms with Gasteiger partial charge in [0.25, 0.3) is 0 Å². The molecule has 0 saturated carbocycles. The standard InChI is InChI=1S/C20H29N5O2Si/c1-12(2)19(3,4)20(5,27-28-6)15-8-14(7-13(15)9-26)25-11-24-16-17(21)22-10-23-18(16)25/h7,9-12,14-15H,8H2,1-6H3,(H2,21,22,23).